The third kappa shape index (κ3) is 4.92. The molecule has 8 heteroatoms. The highest BCUT2D eigenvalue weighted by Crippen LogP contribution is 2.24. The van der Waals surface area contributed by atoms with E-state index >= 15 is 0 Å². The van der Waals surface area contributed by atoms with Gasteiger partial charge >= 0.3 is 0 Å². The summed E-state index contributed by atoms with van der Waals surface area (Å²) in [7, 11) is 0. The first kappa shape index (κ1) is 21.7. The molecule has 168 valence electrons. The van der Waals surface area contributed by atoms with Crippen molar-refractivity contribution < 1.29 is 4.79 Å². The molecule has 5 rings (SSSR count). The highest BCUT2D eigenvalue weighted by Gasteiger charge is 2.09. The summed E-state index contributed by atoms with van der Waals surface area (Å²) in [5, 5.41) is 3.78. The smallest absolute Gasteiger partial charge is 0.255 e. The molecule has 3 N–H and O–H groups in total. The summed E-state index contributed by atoms with van der Waals surface area (Å²) in [6.45, 7) is 1.77. The van der Waals surface area contributed by atoms with Gasteiger partial charge in [-0.2, -0.15) is 0 Å². The number of carbonyl (C=O) groups is 1. The van der Waals surface area contributed by atoms with Crippen molar-refractivity contribution in [1.82, 2.24) is 19.9 Å². The number of nitrogens with one attached hydrogen (secondary N) is 3. The number of amides is 1. The molecule has 0 aliphatic rings. The minimum absolute atomic E-state index is 0.209. The summed E-state index contributed by atoms with van der Waals surface area (Å²) >= 11 is 1.62. The maximum atomic E-state index is 12.8. The van der Waals surface area contributed by atoms with Crippen molar-refractivity contribution in [3.05, 3.63) is 106 Å². The maximum Gasteiger partial charge on any atom is 0.255 e. The molecule has 0 aliphatic carbocycles. The summed E-state index contributed by atoms with van der Waals surface area (Å²) in [5.74, 6) is 0.998. The van der Waals surface area contributed by atoms with Gasteiger partial charge in [0.1, 0.15) is 5.82 Å². The average molecular weight is 468 g/mol. The van der Waals surface area contributed by atoms with Gasteiger partial charge in [-0.05, 0) is 48.9 Å². The number of rotatable bonds is 6. The van der Waals surface area contributed by atoms with Crippen LogP contribution < -0.4 is 10.9 Å². The third-order valence-electron chi connectivity index (χ3n) is 5.22. The number of imidazole rings is 1. The highest BCUT2D eigenvalue weighted by molar-refractivity contribution is 7.98. The second kappa shape index (κ2) is 9.36. The van der Waals surface area contributed by atoms with Crippen LogP contribution in [-0.2, 0) is 5.75 Å². The van der Waals surface area contributed by atoms with Crippen LogP contribution in [0.4, 0.5) is 5.69 Å². The van der Waals surface area contributed by atoms with E-state index in [2.05, 4.69) is 25.3 Å². The number of aryl methyl sites for hydroxylation is 1. The fraction of sp³-hybridized carbons (Fsp3) is 0.0769. The molecule has 0 radical (unpaired) electrons. The van der Waals surface area contributed by atoms with Crippen LogP contribution in [-0.4, -0.2) is 25.8 Å². The summed E-state index contributed by atoms with van der Waals surface area (Å²) in [4.78, 5) is 39.5. The number of hydrogen-bond donors (Lipinski definition) is 3. The largest absolute Gasteiger partial charge is 0.333 e. The molecule has 0 atom stereocenters. The first-order valence-corrected chi connectivity index (χ1v) is 11.7. The molecule has 7 nitrogen and oxygen atoms in total. The van der Waals surface area contributed by atoms with Gasteiger partial charge in [-0.15, -0.1) is 0 Å². The standard InChI is InChI=1S/C26H21N5O2S/c1-16-13-23(32)31-24(27-16)19-5-4-6-20(14-19)28-25(33)18-11-9-17(10-12-18)15-34-26-29-21-7-2-3-8-22(21)30-26/h2-14H,15H2,1H3,(H,28,33)(H,29,30)(H,27,31,32). The number of nitrogens with zero attached hydrogens (tertiary/aromatic N) is 2. The highest BCUT2D eigenvalue weighted by atomic mass is 32.2. The predicted octanol–water partition coefficient (Wildman–Crippen LogP) is 5.17. The van der Waals surface area contributed by atoms with Crippen molar-refractivity contribution in [2.75, 3.05) is 5.32 Å². The quantitative estimate of drug-likeness (QED) is 0.299. The van der Waals surface area contributed by atoms with E-state index in [0.717, 1.165) is 33.1 Å². The van der Waals surface area contributed by atoms with Gasteiger partial charge in [0.2, 0.25) is 0 Å². The number of thioether (sulfide) groups is 1. The van der Waals surface area contributed by atoms with Crippen molar-refractivity contribution in [1.29, 1.82) is 0 Å². The fourth-order valence-corrected chi connectivity index (χ4v) is 4.41. The first-order chi connectivity index (χ1) is 16.5. The number of aromatic amines is 2. The second-order valence-corrected chi connectivity index (χ2v) is 8.78. The number of para-hydroxylation sites is 2. The van der Waals surface area contributed by atoms with E-state index in [1.165, 1.54) is 6.07 Å². The molecule has 1 amide bonds. The van der Waals surface area contributed by atoms with E-state index in [-0.39, 0.29) is 11.5 Å². The lowest BCUT2D eigenvalue weighted by molar-refractivity contribution is 0.102. The molecular weight excluding hydrogens is 446 g/mol. The molecule has 2 aromatic heterocycles. The lowest BCUT2D eigenvalue weighted by Gasteiger charge is -2.08. The number of benzene rings is 3. The molecule has 0 saturated heterocycles. The Labute approximate surface area is 199 Å². The van der Waals surface area contributed by atoms with E-state index in [1.807, 2.05) is 60.7 Å². The van der Waals surface area contributed by atoms with Crippen molar-refractivity contribution in [3.63, 3.8) is 0 Å². The minimum Gasteiger partial charge on any atom is -0.333 e. The van der Waals surface area contributed by atoms with Gasteiger partial charge < -0.3 is 15.3 Å². The van der Waals surface area contributed by atoms with Gasteiger partial charge in [-0.25, -0.2) is 9.97 Å². The van der Waals surface area contributed by atoms with Gasteiger partial charge in [0.05, 0.1) is 11.0 Å². The number of aromatic nitrogens is 4. The zero-order valence-corrected chi connectivity index (χ0v) is 19.1. The van der Waals surface area contributed by atoms with Crippen LogP contribution >= 0.6 is 11.8 Å². The molecule has 0 saturated carbocycles. The molecular formula is C26H21N5O2S. The summed E-state index contributed by atoms with van der Waals surface area (Å²) in [6, 6.07) is 24.1. The van der Waals surface area contributed by atoms with E-state index in [1.54, 1.807) is 30.8 Å². The van der Waals surface area contributed by atoms with Crippen LogP contribution in [0.1, 0.15) is 21.6 Å². The first-order valence-electron chi connectivity index (χ1n) is 10.7. The van der Waals surface area contributed by atoms with Gasteiger partial charge in [0.25, 0.3) is 11.5 Å². The van der Waals surface area contributed by atoms with Crippen LogP contribution in [0.3, 0.4) is 0 Å². The summed E-state index contributed by atoms with van der Waals surface area (Å²) < 4.78 is 0. The van der Waals surface area contributed by atoms with Crippen LogP contribution in [0, 0.1) is 6.92 Å². The van der Waals surface area contributed by atoms with Gasteiger partial charge in [-0.1, -0.05) is 48.2 Å². The number of carbonyl (C=O) groups excluding carboxylic acids is 1. The van der Waals surface area contributed by atoms with E-state index in [4.69, 9.17) is 0 Å². The number of anilines is 1. The van der Waals surface area contributed by atoms with Gasteiger partial charge in [0.15, 0.2) is 5.16 Å². The number of H-pyrrole nitrogens is 2. The summed E-state index contributed by atoms with van der Waals surface area (Å²) in [6.07, 6.45) is 0. The van der Waals surface area contributed by atoms with Crippen molar-refractivity contribution in [2.24, 2.45) is 0 Å². The molecule has 5 aromatic rings. The van der Waals surface area contributed by atoms with E-state index in [9.17, 15) is 9.59 Å². The van der Waals surface area contributed by atoms with Gasteiger partial charge in [0, 0.05) is 34.3 Å². The summed E-state index contributed by atoms with van der Waals surface area (Å²) in [5.41, 5.74) is 5.38. The van der Waals surface area contributed by atoms with Crippen molar-refractivity contribution in [3.8, 4) is 11.4 Å². The second-order valence-electron chi connectivity index (χ2n) is 7.82. The molecule has 0 spiro atoms. The van der Waals surface area contributed by atoms with Crippen LogP contribution in [0.25, 0.3) is 22.4 Å². The monoisotopic (exact) mass is 467 g/mol. The SMILES string of the molecule is Cc1cc(=O)[nH]c(-c2cccc(NC(=O)c3ccc(CSc4nc5ccccc5[nH]4)cc3)c2)n1. The molecule has 0 aliphatic heterocycles. The van der Waals surface area contributed by atoms with Crippen molar-refractivity contribution >= 4 is 34.4 Å². The van der Waals surface area contributed by atoms with Crippen molar-refractivity contribution in [2.45, 2.75) is 17.8 Å². The minimum atomic E-state index is -0.212. The Morgan fingerprint density at radius 1 is 0.941 bits per heavy atom. The zero-order valence-electron chi connectivity index (χ0n) is 18.3. The van der Waals surface area contributed by atoms with Gasteiger partial charge in [-0.3, -0.25) is 9.59 Å². The maximum absolute atomic E-state index is 12.8. The topological polar surface area (TPSA) is 104 Å². The molecule has 0 fully saturated rings. The Kier molecular flexibility index (Phi) is 5.97. The average Bonchev–Trinajstić information content (AvgIpc) is 3.26. The van der Waals surface area contributed by atoms with E-state index in [0.29, 0.717) is 22.8 Å². The molecule has 3 aromatic carbocycles. The fourth-order valence-electron chi connectivity index (χ4n) is 3.57. The molecule has 0 bridgehead atoms. The normalized spacial score (nSPS) is 11.0. The van der Waals surface area contributed by atoms with Crippen LogP contribution in [0.15, 0.2) is 88.8 Å². The lowest BCUT2D eigenvalue weighted by Crippen LogP contribution is -2.12. The Balaban J connectivity index is 1.24. The Hall–Kier alpha value is -4.17. The molecule has 0 unspecified atom stereocenters. The van der Waals surface area contributed by atoms with E-state index < -0.39 is 0 Å². The molecule has 34 heavy (non-hydrogen) atoms. The Bertz CT molecular complexity index is 1510. The number of fused-ring (bicyclic) bond motifs is 1. The van der Waals surface area contributed by atoms with Crippen LogP contribution in [0.5, 0.6) is 0 Å². The third-order valence-corrected chi connectivity index (χ3v) is 6.17. The van der Waals surface area contributed by atoms with Crippen LogP contribution in [0.2, 0.25) is 0 Å². The number of hydrogen-bond acceptors (Lipinski definition) is 5. The lowest BCUT2D eigenvalue weighted by atomic mass is 10.1. The zero-order chi connectivity index (χ0) is 23.5. The Morgan fingerprint density at radius 3 is 2.56 bits per heavy atom. The molecule has 2 heterocycles. The predicted molar refractivity (Wildman–Crippen MR) is 135 cm³/mol. The Morgan fingerprint density at radius 2 is 1.76 bits per heavy atom.